The largest absolute Gasteiger partial charge is 0.370 e. The number of carbonyl (C=O) groups excluding carboxylic acids is 2. The van der Waals surface area contributed by atoms with Crippen LogP contribution in [0.4, 0.5) is 0 Å². The smallest absolute Gasteiger partial charge is 0.243 e. The number of hydrogen-bond donors (Lipinski definition) is 1. The number of hydrogen-bond acceptors (Lipinski definition) is 4. The van der Waals surface area contributed by atoms with Crippen LogP contribution < -0.4 is 5.73 Å². The van der Waals surface area contributed by atoms with Gasteiger partial charge in [-0.15, -0.1) is 0 Å². The van der Waals surface area contributed by atoms with Gasteiger partial charge in [0.25, 0.3) is 0 Å². The third-order valence-electron chi connectivity index (χ3n) is 3.44. The lowest BCUT2D eigenvalue weighted by Gasteiger charge is -2.33. The quantitative estimate of drug-likeness (QED) is 0.652. The van der Waals surface area contributed by atoms with Crippen LogP contribution in [-0.4, -0.2) is 48.4 Å². The lowest BCUT2D eigenvalue weighted by molar-refractivity contribution is -0.124. The first kappa shape index (κ1) is 11.5. The number of nitrogens with two attached hydrogens (primary N) is 1. The van der Waals surface area contributed by atoms with E-state index in [1.807, 2.05) is 0 Å². The topological polar surface area (TPSA) is 72.6 Å². The van der Waals surface area contributed by atoms with Crippen molar-refractivity contribution in [3.63, 3.8) is 0 Å². The third kappa shape index (κ3) is 2.59. The summed E-state index contributed by atoms with van der Waals surface area (Å²) in [6, 6.07) is 0.812. The van der Waals surface area contributed by atoms with Crippen molar-refractivity contribution in [2.24, 2.45) is 5.73 Å². The monoisotopic (exact) mass is 226 g/mol. The van der Waals surface area contributed by atoms with Crippen molar-refractivity contribution < 1.29 is 14.3 Å². The van der Waals surface area contributed by atoms with Gasteiger partial charge in [-0.25, -0.2) is 0 Å². The Bertz CT molecular complexity index is 277. The van der Waals surface area contributed by atoms with E-state index >= 15 is 0 Å². The van der Waals surface area contributed by atoms with Crippen molar-refractivity contribution in [1.29, 1.82) is 0 Å². The van der Waals surface area contributed by atoms with Gasteiger partial charge in [0.1, 0.15) is 12.4 Å². The predicted octanol–water partition coefficient (Wildman–Crippen LogP) is -0.316. The number of fused-ring (bicyclic) bond motifs is 2. The zero-order valence-corrected chi connectivity index (χ0v) is 9.35. The van der Waals surface area contributed by atoms with Gasteiger partial charge < -0.3 is 10.5 Å². The maximum Gasteiger partial charge on any atom is 0.243 e. The number of ketones is 1. The number of amides is 1. The van der Waals surface area contributed by atoms with Crippen molar-refractivity contribution in [2.45, 2.75) is 37.8 Å². The maximum absolute atomic E-state index is 11.4. The number of primary amides is 1. The summed E-state index contributed by atoms with van der Waals surface area (Å²) in [5, 5.41) is 0. The second-order valence-corrected chi connectivity index (χ2v) is 4.59. The molecule has 2 saturated heterocycles. The van der Waals surface area contributed by atoms with Gasteiger partial charge in [0, 0.05) is 31.5 Å². The van der Waals surface area contributed by atoms with Gasteiger partial charge in [-0.3, -0.25) is 14.5 Å². The van der Waals surface area contributed by atoms with Crippen LogP contribution in [0.5, 0.6) is 0 Å². The molecule has 2 N–H and O–H groups in total. The second-order valence-electron chi connectivity index (χ2n) is 4.59. The Hall–Kier alpha value is -0.940. The van der Waals surface area contributed by atoms with E-state index in [0.717, 1.165) is 19.4 Å². The molecule has 0 spiro atoms. The lowest BCUT2D eigenvalue weighted by Crippen LogP contribution is -2.44. The first-order valence-corrected chi connectivity index (χ1v) is 5.80. The molecule has 5 nitrogen and oxygen atoms in total. The van der Waals surface area contributed by atoms with Crippen LogP contribution in [0, 0.1) is 0 Å². The summed E-state index contributed by atoms with van der Waals surface area (Å²) in [7, 11) is 0. The highest BCUT2D eigenvalue weighted by atomic mass is 16.5. The Kier molecular flexibility index (Phi) is 3.56. The lowest BCUT2D eigenvalue weighted by atomic mass is 10.0. The molecule has 0 aromatic carbocycles. The molecule has 0 aliphatic carbocycles. The van der Waals surface area contributed by atoms with Crippen LogP contribution in [0.3, 0.4) is 0 Å². The highest BCUT2D eigenvalue weighted by Crippen LogP contribution is 2.33. The van der Waals surface area contributed by atoms with E-state index in [4.69, 9.17) is 10.5 Å². The minimum absolute atomic E-state index is 0.0118. The molecule has 0 aromatic heterocycles. The van der Waals surface area contributed by atoms with Crippen LogP contribution in [0.15, 0.2) is 0 Å². The van der Waals surface area contributed by atoms with Gasteiger partial charge in [-0.05, 0) is 12.8 Å². The Balaban J connectivity index is 1.74. The highest BCUT2D eigenvalue weighted by Gasteiger charge is 2.39. The van der Waals surface area contributed by atoms with Crippen LogP contribution in [0.2, 0.25) is 0 Å². The van der Waals surface area contributed by atoms with Crippen molar-refractivity contribution in [3.05, 3.63) is 0 Å². The van der Waals surface area contributed by atoms with Gasteiger partial charge in [-0.2, -0.15) is 0 Å². The molecule has 2 fully saturated rings. The zero-order valence-electron chi connectivity index (χ0n) is 9.35. The zero-order chi connectivity index (χ0) is 11.5. The number of nitrogens with zero attached hydrogens (tertiary/aromatic N) is 1. The Labute approximate surface area is 94.9 Å². The average molecular weight is 226 g/mol. The fourth-order valence-electron chi connectivity index (χ4n) is 2.77. The van der Waals surface area contributed by atoms with Gasteiger partial charge in [0.2, 0.25) is 5.91 Å². The Morgan fingerprint density at radius 1 is 1.38 bits per heavy atom. The minimum Gasteiger partial charge on any atom is -0.370 e. The predicted molar refractivity (Wildman–Crippen MR) is 57.8 cm³/mol. The molecule has 0 radical (unpaired) electrons. The molecule has 2 bridgehead atoms. The van der Waals surface area contributed by atoms with Crippen LogP contribution in [0.1, 0.15) is 25.7 Å². The average Bonchev–Trinajstić information content (AvgIpc) is 2.45. The van der Waals surface area contributed by atoms with Crippen LogP contribution in [-0.2, 0) is 14.3 Å². The van der Waals surface area contributed by atoms with Gasteiger partial charge >= 0.3 is 0 Å². The summed E-state index contributed by atoms with van der Waals surface area (Å²) in [5.41, 5.74) is 4.97. The van der Waals surface area contributed by atoms with E-state index in [0.29, 0.717) is 37.3 Å². The number of piperidine rings is 1. The molecule has 2 rings (SSSR count). The fourth-order valence-corrected chi connectivity index (χ4v) is 2.77. The molecule has 2 atom stereocenters. The number of rotatable bonds is 5. The summed E-state index contributed by atoms with van der Waals surface area (Å²) in [5.74, 6) is -0.0430. The van der Waals surface area contributed by atoms with E-state index < -0.39 is 5.91 Å². The van der Waals surface area contributed by atoms with E-state index in [1.54, 1.807) is 0 Å². The molecular weight excluding hydrogens is 208 g/mol. The SMILES string of the molecule is NC(=O)COCCN1C2CCC1CC(=O)C2. The first-order valence-electron chi connectivity index (χ1n) is 5.80. The maximum atomic E-state index is 11.4. The molecule has 2 heterocycles. The Morgan fingerprint density at radius 3 is 2.56 bits per heavy atom. The molecule has 90 valence electrons. The number of carbonyl (C=O) groups is 2. The summed E-state index contributed by atoms with van der Waals surface area (Å²) in [6.45, 7) is 1.31. The van der Waals surface area contributed by atoms with Gasteiger partial charge in [0.15, 0.2) is 0 Å². The van der Waals surface area contributed by atoms with E-state index in [1.165, 1.54) is 0 Å². The van der Waals surface area contributed by atoms with Gasteiger partial charge in [0.05, 0.1) is 6.61 Å². The van der Waals surface area contributed by atoms with Crippen molar-refractivity contribution >= 4 is 11.7 Å². The van der Waals surface area contributed by atoms with E-state index in [-0.39, 0.29) is 6.61 Å². The van der Waals surface area contributed by atoms with E-state index in [2.05, 4.69) is 4.90 Å². The molecular formula is C11H18N2O3. The Morgan fingerprint density at radius 2 is 2.00 bits per heavy atom. The van der Waals surface area contributed by atoms with Crippen molar-refractivity contribution in [2.75, 3.05) is 19.8 Å². The van der Waals surface area contributed by atoms with Crippen LogP contribution >= 0.6 is 0 Å². The normalized spacial score (nSPS) is 29.6. The third-order valence-corrected chi connectivity index (χ3v) is 3.44. The number of ether oxygens (including phenoxy) is 1. The molecule has 1 amide bonds. The first-order chi connectivity index (χ1) is 7.66. The second kappa shape index (κ2) is 4.93. The molecule has 16 heavy (non-hydrogen) atoms. The number of Topliss-reactive ketones (excluding diaryl/α,β-unsaturated/α-hetero) is 1. The summed E-state index contributed by atoms with van der Waals surface area (Å²) in [6.07, 6.45) is 3.61. The molecule has 5 heteroatoms. The molecule has 2 aliphatic rings. The van der Waals surface area contributed by atoms with Crippen LogP contribution in [0.25, 0.3) is 0 Å². The standard InChI is InChI=1S/C11H18N2O3/c12-11(15)7-16-4-3-13-8-1-2-9(13)6-10(14)5-8/h8-9H,1-7H2,(H2,12,15). The van der Waals surface area contributed by atoms with Crippen molar-refractivity contribution in [1.82, 2.24) is 4.90 Å². The molecule has 2 unspecified atom stereocenters. The molecule has 2 aliphatic heterocycles. The minimum atomic E-state index is -0.434. The van der Waals surface area contributed by atoms with Gasteiger partial charge in [-0.1, -0.05) is 0 Å². The molecule has 0 aromatic rings. The van der Waals surface area contributed by atoms with Crippen molar-refractivity contribution in [3.8, 4) is 0 Å². The van der Waals surface area contributed by atoms with E-state index in [9.17, 15) is 9.59 Å². The fraction of sp³-hybridized carbons (Fsp3) is 0.818. The molecule has 0 saturated carbocycles. The summed E-state index contributed by atoms with van der Waals surface area (Å²) >= 11 is 0. The summed E-state index contributed by atoms with van der Waals surface area (Å²) in [4.78, 5) is 24.2. The highest BCUT2D eigenvalue weighted by molar-refractivity contribution is 5.81. The summed E-state index contributed by atoms with van der Waals surface area (Å²) < 4.78 is 5.15.